The number of carboxylic acids is 1. The number of amides is 3. The fraction of sp³-hybridized carbons (Fsp3) is 0.316. The molecule has 49 heavy (non-hydrogen) atoms. The van der Waals surface area contributed by atoms with Crippen molar-refractivity contribution in [3.8, 4) is 0 Å². The average Bonchev–Trinajstić information content (AvgIpc) is 3.68. The Hall–Kier alpha value is -5.42. The summed E-state index contributed by atoms with van der Waals surface area (Å²) in [5.41, 5.74) is 5.55. The van der Waals surface area contributed by atoms with Crippen LogP contribution in [0.1, 0.15) is 42.7 Å². The number of carboxylic acid groups (broad SMARTS) is 1. The van der Waals surface area contributed by atoms with Crippen LogP contribution in [0.2, 0.25) is 0 Å². The van der Waals surface area contributed by atoms with E-state index in [-0.39, 0.29) is 24.7 Å². The van der Waals surface area contributed by atoms with Gasteiger partial charge in [-0.15, -0.1) is 0 Å². The van der Waals surface area contributed by atoms with E-state index in [0.29, 0.717) is 19.4 Å². The minimum Gasteiger partial charge on any atom is -0.480 e. The highest BCUT2D eigenvalue weighted by Crippen LogP contribution is 2.26. The van der Waals surface area contributed by atoms with Crippen LogP contribution in [0.25, 0.3) is 21.8 Å². The Morgan fingerprint density at radius 3 is 2.16 bits per heavy atom. The van der Waals surface area contributed by atoms with E-state index in [0.717, 1.165) is 44.2 Å². The number of nitrogens with one attached hydrogen (secondary N) is 6. The SMILES string of the molecule is CC(C)C[C@H](NC(=O)[C@@H]1Cc2c([nH]c3ccccc23)CN1)C(=O)N[C@@H](Cc1ccccc1)C(=O)N[C@@H](Cc1c[nH]c2ccccc12)C(=O)O. The summed E-state index contributed by atoms with van der Waals surface area (Å²) in [6.07, 6.45) is 2.74. The van der Waals surface area contributed by atoms with Gasteiger partial charge in [0.2, 0.25) is 17.7 Å². The first kappa shape index (κ1) is 33.5. The number of benzene rings is 3. The maximum Gasteiger partial charge on any atom is 0.326 e. The number of fused-ring (bicyclic) bond motifs is 4. The van der Waals surface area contributed by atoms with Gasteiger partial charge in [-0.1, -0.05) is 80.6 Å². The Labute approximate surface area is 284 Å². The van der Waals surface area contributed by atoms with Gasteiger partial charge in [0, 0.05) is 53.1 Å². The average molecular weight is 663 g/mol. The predicted molar refractivity (Wildman–Crippen MR) is 188 cm³/mol. The predicted octanol–water partition coefficient (Wildman–Crippen LogP) is 3.73. The van der Waals surface area contributed by atoms with Crippen molar-refractivity contribution in [2.24, 2.45) is 5.92 Å². The lowest BCUT2D eigenvalue weighted by Crippen LogP contribution is -2.58. The molecule has 5 aromatic rings. The number of para-hydroxylation sites is 2. The Kier molecular flexibility index (Phi) is 10.1. The number of aliphatic carboxylic acids is 1. The Bertz CT molecular complexity index is 1970. The first-order valence-electron chi connectivity index (χ1n) is 16.7. The van der Waals surface area contributed by atoms with Crippen molar-refractivity contribution in [3.63, 3.8) is 0 Å². The molecular weight excluding hydrogens is 620 g/mol. The third-order valence-electron chi connectivity index (χ3n) is 9.12. The number of hydrogen-bond donors (Lipinski definition) is 7. The summed E-state index contributed by atoms with van der Waals surface area (Å²) in [5.74, 6) is -2.56. The van der Waals surface area contributed by atoms with Crippen LogP contribution in [-0.2, 0) is 45.0 Å². The van der Waals surface area contributed by atoms with Crippen LogP contribution >= 0.6 is 0 Å². The minimum atomic E-state index is -1.24. The zero-order valence-corrected chi connectivity index (χ0v) is 27.6. The summed E-state index contributed by atoms with van der Waals surface area (Å²) in [4.78, 5) is 60.3. The van der Waals surface area contributed by atoms with Crippen LogP contribution in [0.4, 0.5) is 0 Å². The van der Waals surface area contributed by atoms with E-state index in [2.05, 4.69) is 31.2 Å². The van der Waals surface area contributed by atoms with E-state index in [1.54, 1.807) is 6.20 Å². The van der Waals surface area contributed by atoms with Crippen molar-refractivity contribution >= 4 is 45.5 Å². The quantitative estimate of drug-likeness (QED) is 0.101. The summed E-state index contributed by atoms with van der Waals surface area (Å²) >= 11 is 0. The Balaban J connectivity index is 1.18. The molecule has 11 nitrogen and oxygen atoms in total. The van der Waals surface area contributed by atoms with Gasteiger partial charge in [0.15, 0.2) is 0 Å². The molecule has 0 fully saturated rings. The van der Waals surface area contributed by atoms with Crippen molar-refractivity contribution in [2.75, 3.05) is 0 Å². The first-order chi connectivity index (χ1) is 23.7. The van der Waals surface area contributed by atoms with Crippen molar-refractivity contribution < 1.29 is 24.3 Å². The van der Waals surface area contributed by atoms with Crippen LogP contribution in [-0.4, -0.2) is 62.9 Å². The summed E-state index contributed by atoms with van der Waals surface area (Å²) < 4.78 is 0. The molecule has 1 aliphatic rings. The Morgan fingerprint density at radius 1 is 0.776 bits per heavy atom. The molecule has 3 heterocycles. The molecule has 0 saturated heterocycles. The van der Waals surface area contributed by atoms with Gasteiger partial charge in [-0.3, -0.25) is 19.7 Å². The van der Waals surface area contributed by atoms with E-state index >= 15 is 0 Å². The second kappa shape index (κ2) is 14.8. The number of H-pyrrole nitrogens is 2. The topological polar surface area (TPSA) is 168 Å². The first-order valence-corrected chi connectivity index (χ1v) is 16.7. The van der Waals surface area contributed by atoms with Crippen LogP contribution < -0.4 is 21.3 Å². The second-order valence-electron chi connectivity index (χ2n) is 13.2. The molecular formula is C38H42N6O5. The molecule has 2 aromatic heterocycles. The van der Waals surface area contributed by atoms with Gasteiger partial charge in [0.1, 0.15) is 18.1 Å². The number of aromatic amines is 2. The standard InChI is InChI=1S/C38H42N6O5/c1-22(2)16-31(42-35(45)30-19-27-26-13-7-9-15-29(26)41-34(27)21-40-30)36(46)43-32(17-23-10-4-3-5-11-23)37(47)44-33(38(48)49)18-24-20-39-28-14-8-6-12-25(24)28/h3-15,20,22,30-33,39-41H,16-19,21H2,1-2H3,(H,42,45)(H,43,46)(H,44,47)(H,48,49)/t30-,31-,32-,33-/m0/s1. The van der Waals surface area contributed by atoms with Crippen LogP contribution in [0, 0.1) is 5.92 Å². The molecule has 0 unspecified atom stereocenters. The van der Waals surface area contributed by atoms with E-state index in [1.807, 2.05) is 92.7 Å². The van der Waals surface area contributed by atoms with Gasteiger partial charge in [-0.05, 0) is 47.6 Å². The molecule has 3 amide bonds. The van der Waals surface area contributed by atoms with E-state index in [4.69, 9.17) is 0 Å². The van der Waals surface area contributed by atoms with Crippen molar-refractivity contribution in [2.45, 2.75) is 70.2 Å². The van der Waals surface area contributed by atoms with Gasteiger partial charge in [-0.25, -0.2) is 4.79 Å². The van der Waals surface area contributed by atoms with Gasteiger partial charge in [-0.2, -0.15) is 0 Å². The zero-order chi connectivity index (χ0) is 34.5. The monoisotopic (exact) mass is 662 g/mol. The fourth-order valence-electron chi connectivity index (χ4n) is 6.63. The smallest absolute Gasteiger partial charge is 0.326 e. The Morgan fingerprint density at radius 2 is 1.43 bits per heavy atom. The molecule has 3 aromatic carbocycles. The van der Waals surface area contributed by atoms with Gasteiger partial charge in [0.05, 0.1) is 6.04 Å². The highest BCUT2D eigenvalue weighted by Gasteiger charge is 2.33. The largest absolute Gasteiger partial charge is 0.480 e. The van der Waals surface area contributed by atoms with Crippen LogP contribution in [0.3, 0.4) is 0 Å². The third-order valence-corrected chi connectivity index (χ3v) is 9.12. The van der Waals surface area contributed by atoms with E-state index in [1.165, 1.54) is 0 Å². The lowest BCUT2D eigenvalue weighted by Gasteiger charge is -2.28. The number of carbonyl (C=O) groups is 4. The summed E-state index contributed by atoms with van der Waals surface area (Å²) in [5, 5.41) is 23.8. The number of aromatic nitrogens is 2. The molecule has 0 saturated carbocycles. The summed E-state index contributed by atoms with van der Waals surface area (Å²) in [7, 11) is 0. The summed E-state index contributed by atoms with van der Waals surface area (Å²) in [6.45, 7) is 4.41. The lowest BCUT2D eigenvalue weighted by atomic mass is 9.96. The van der Waals surface area contributed by atoms with Crippen LogP contribution in [0.15, 0.2) is 85.1 Å². The van der Waals surface area contributed by atoms with Crippen molar-refractivity contribution in [1.82, 2.24) is 31.2 Å². The highest BCUT2D eigenvalue weighted by molar-refractivity contribution is 5.95. The number of rotatable bonds is 13. The molecule has 7 N–H and O–H groups in total. The number of carbonyl (C=O) groups excluding carboxylic acids is 3. The molecule has 0 spiro atoms. The van der Waals surface area contributed by atoms with E-state index < -0.39 is 42.0 Å². The minimum absolute atomic E-state index is 0.0512. The second-order valence-corrected chi connectivity index (χ2v) is 13.2. The normalized spacial score (nSPS) is 16.1. The van der Waals surface area contributed by atoms with E-state index in [9.17, 15) is 24.3 Å². The van der Waals surface area contributed by atoms with Crippen LogP contribution in [0.5, 0.6) is 0 Å². The molecule has 6 rings (SSSR count). The molecule has 1 aliphatic heterocycles. The zero-order valence-electron chi connectivity index (χ0n) is 27.6. The molecule has 0 aliphatic carbocycles. The molecule has 11 heteroatoms. The molecule has 4 atom stereocenters. The molecule has 0 bridgehead atoms. The van der Waals surface area contributed by atoms with Gasteiger partial charge < -0.3 is 31.0 Å². The van der Waals surface area contributed by atoms with Gasteiger partial charge >= 0.3 is 5.97 Å². The fourth-order valence-corrected chi connectivity index (χ4v) is 6.63. The lowest BCUT2D eigenvalue weighted by molar-refractivity contribution is -0.142. The van der Waals surface area contributed by atoms with Crippen molar-refractivity contribution in [3.05, 3.63) is 107 Å². The van der Waals surface area contributed by atoms with Crippen molar-refractivity contribution in [1.29, 1.82) is 0 Å². The number of hydrogen-bond acceptors (Lipinski definition) is 5. The maximum atomic E-state index is 13.9. The van der Waals surface area contributed by atoms with Gasteiger partial charge in [0.25, 0.3) is 0 Å². The maximum absolute atomic E-state index is 13.9. The summed E-state index contributed by atoms with van der Waals surface area (Å²) in [6, 6.07) is 21.0. The molecule has 254 valence electrons. The molecule has 0 radical (unpaired) electrons. The third kappa shape index (κ3) is 7.84. The highest BCUT2D eigenvalue weighted by atomic mass is 16.4.